The molecule has 1 aromatic rings. The van der Waals surface area contributed by atoms with E-state index < -0.39 is 0 Å². The predicted molar refractivity (Wildman–Crippen MR) is 87.4 cm³/mol. The Kier molecular flexibility index (Phi) is 4.49. The smallest absolute Gasteiger partial charge is 0.0338 e. The molecule has 0 aromatic carbocycles. The summed E-state index contributed by atoms with van der Waals surface area (Å²) in [6.45, 7) is 8.15. The predicted octanol–water partition coefficient (Wildman–Crippen LogP) is 3.81. The van der Waals surface area contributed by atoms with Crippen LogP contribution in [0.2, 0.25) is 0 Å². The Hall–Kier alpha value is -0.380. The number of hydrogen-bond donors (Lipinski definition) is 1. The van der Waals surface area contributed by atoms with E-state index in [-0.39, 0.29) is 0 Å². The van der Waals surface area contributed by atoms with Gasteiger partial charge in [0, 0.05) is 41.0 Å². The molecule has 3 heteroatoms. The van der Waals surface area contributed by atoms with Crippen LogP contribution in [-0.4, -0.2) is 29.6 Å². The van der Waals surface area contributed by atoms with Gasteiger partial charge in [0.25, 0.3) is 0 Å². The third kappa shape index (κ3) is 2.95. The summed E-state index contributed by atoms with van der Waals surface area (Å²) in [6, 6.07) is 5.31. The van der Waals surface area contributed by atoms with E-state index in [0.29, 0.717) is 11.6 Å². The van der Waals surface area contributed by atoms with E-state index >= 15 is 0 Å². The van der Waals surface area contributed by atoms with Crippen LogP contribution in [0, 0.1) is 0 Å². The molecule has 1 unspecified atom stereocenters. The number of piperazine rings is 1. The van der Waals surface area contributed by atoms with Crippen LogP contribution in [-0.2, 0) is 13.0 Å². The van der Waals surface area contributed by atoms with Gasteiger partial charge in [-0.1, -0.05) is 26.2 Å². The second-order valence-electron chi connectivity index (χ2n) is 6.67. The molecule has 3 rings (SSSR count). The lowest BCUT2D eigenvalue weighted by atomic mass is 9.78. The highest BCUT2D eigenvalue weighted by atomic mass is 32.1. The summed E-state index contributed by atoms with van der Waals surface area (Å²) in [4.78, 5) is 5.89. The summed E-state index contributed by atoms with van der Waals surface area (Å²) in [7, 11) is 0. The summed E-state index contributed by atoms with van der Waals surface area (Å²) in [5.41, 5.74) is 0.446. The minimum Gasteiger partial charge on any atom is -0.311 e. The second-order valence-corrected chi connectivity index (χ2v) is 7.92. The van der Waals surface area contributed by atoms with E-state index in [1.807, 2.05) is 11.3 Å². The average Bonchev–Trinajstić information content (AvgIpc) is 2.92. The SMILES string of the molecule is CCc1ccc(CN2CC(C)NCC23CCCCC3)s1. The molecule has 1 saturated carbocycles. The molecule has 1 aromatic heterocycles. The molecular formula is C17H28N2S. The molecule has 0 bridgehead atoms. The average molecular weight is 292 g/mol. The highest BCUT2D eigenvalue weighted by Gasteiger charge is 2.41. The quantitative estimate of drug-likeness (QED) is 0.911. The number of hydrogen-bond acceptors (Lipinski definition) is 3. The van der Waals surface area contributed by atoms with Gasteiger partial charge in [0.2, 0.25) is 0 Å². The summed E-state index contributed by atoms with van der Waals surface area (Å²) in [5, 5.41) is 3.74. The zero-order valence-electron chi connectivity index (χ0n) is 13.0. The Morgan fingerprint density at radius 2 is 2.00 bits per heavy atom. The lowest BCUT2D eigenvalue weighted by Crippen LogP contribution is -2.64. The highest BCUT2D eigenvalue weighted by Crippen LogP contribution is 2.37. The topological polar surface area (TPSA) is 15.3 Å². The molecular weight excluding hydrogens is 264 g/mol. The van der Waals surface area contributed by atoms with Crippen LogP contribution in [0.3, 0.4) is 0 Å². The zero-order chi connectivity index (χ0) is 14.0. The van der Waals surface area contributed by atoms with Crippen LogP contribution in [0.5, 0.6) is 0 Å². The van der Waals surface area contributed by atoms with Gasteiger partial charge in [-0.15, -0.1) is 11.3 Å². The van der Waals surface area contributed by atoms with Crippen molar-refractivity contribution in [3.8, 4) is 0 Å². The van der Waals surface area contributed by atoms with E-state index in [1.54, 1.807) is 4.88 Å². The highest BCUT2D eigenvalue weighted by molar-refractivity contribution is 7.11. The normalized spacial score (nSPS) is 27.0. The van der Waals surface area contributed by atoms with Crippen molar-refractivity contribution in [1.82, 2.24) is 10.2 Å². The standard InChI is InChI=1S/C17H28N2S/c1-3-15-7-8-16(20-15)12-19-11-14(2)18-13-17(19)9-5-4-6-10-17/h7-8,14,18H,3-6,9-13H2,1-2H3. The van der Waals surface area contributed by atoms with Gasteiger partial charge >= 0.3 is 0 Å². The first-order valence-electron chi connectivity index (χ1n) is 8.28. The molecule has 2 nitrogen and oxygen atoms in total. The second kappa shape index (κ2) is 6.17. The van der Waals surface area contributed by atoms with Crippen molar-refractivity contribution < 1.29 is 0 Å². The van der Waals surface area contributed by atoms with Crippen molar-refractivity contribution in [3.05, 3.63) is 21.9 Å². The van der Waals surface area contributed by atoms with Crippen LogP contribution in [0.25, 0.3) is 0 Å². The lowest BCUT2D eigenvalue weighted by molar-refractivity contribution is 0.00692. The number of aryl methyl sites for hydroxylation is 1. The molecule has 1 atom stereocenters. The summed E-state index contributed by atoms with van der Waals surface area (Å²) < 4.78 is 0. The first-order valence-corrected chi connectivity index (χ1v) is 9.09. The van der Waals surface area contributed by atoms with Crippen LogP contribution < -0.4 is 5.32 Å². The maximum absolute atomic E-state index is 3.74. The van der Waals surface area contributed by atoms with E-state index in [9.17, 15) is 0 Å². The number of thiophene rings is 1. The van der Waals surface area contributed by atoms with Crippen molar-refractivity contribution in [2.24, 2.45) is 0 Å². The molecule has 1 aliphatic carbocycles. The van der Waals surface area contributed by atoms with Gasteiger partial charge in [-0.2, -0.15) is 0 Å². The molecule has 20 heavy (non-hydrogen) atoms. The van der Waals surface area contributed by atoms with Crippen LogP contribution >= 0.6 is 11.3 Å². The first kappa shape index (κ1) is 14.6. The van der Waals surface area contributed by atoms with Gasteiger partial charge in [-0.25, -0.2) is 0 Å². The van der Waals surface area contributed by atoms with Gasteiger partial charge < -0.3 is 5.32 Å². The molecule has 2 aliphatic rings. The molecule has 1 aliphatic heterocycles. The molecule has 112 valence electrons. The molecule has 0 amide bonds. The first-order chi connectivity index (χ1) is 9.72. The van der Waals surface area contributed by atoms with Crippen molar-refractivity contribution >= 4 is 11.3 Å². The van der Waals surface area contributed by atoms with Gasteiger partial charge in [0.15, 0.2) is 0 Å². The van der Waals surface area contributed by atoms with Gasteiger partial charge in [-0.3, -0.25) is 4.90 Å². The van der Waals surface area contributed by atoms with Crippen molar-refractivity contribution in [3.63, 3.8) is 0 Å². The largest absolute Gasteiger partial charge is 0.311 e. The molecule has 2 fully saturated rings. The Morgan fingerprint density at radius 1 is 1.25 bits per heavy atom. The fourth-order valence-corrected chi connectivity index (χ4v) is 4.86. The molecule has 1 saturated heterocycles. The Labute approximate surface area is 127 Å². The minimum atomic E-state index is 0.446. The number of nitrogens with zero attached hydrogens (tertiary/aromatic N) is 1. The van der Waals surface area contributed by atoms with Crippen LogP contribution in [0.1, 0.15) is 55.7 Å². The van der Waals surface area contributed by atoms with Crippen LogP contribution in [0.4, 0.5) is 0 Å². The van der Waals surface area contributed by atoms with E-state index in [4.69, 9.17) is 0 Å². The fourth-order valence-electron chi connectivity index (χ4n) is 3.89. The summed E-state index contributed by atoms with van der Waals surface area (Å²) >= 11 is 2.01. The Morgan fingerprint density at radius 3 is 2.70 bits per heavy atom. The van der Waals surface area contributed by atoms with E-state index in [0.717, 1.165) is 6.54 Å². The maximum Gasteiger partial charge on any atom is 0.0338 e. The van der Waals surface area contributed by atoms with Gasteiger partial charge in [0.05, 0.1) is 0 Å². The van der Waals surface area contributed by atoms with E-state index in [2.05, 4.69) is 36.2 Å². The third-order valence-electron chi connectivity index (χ3n) is 5.14. The molecule has 1 N–H and O–H groups in total. The lowest BCUT2D eigenvalue weighted by Gasteiger charge is -2.51. The number of rotatable bonds is 3. The monoisotopic (exact) mass is 292 g/mol. The van der Waals surface area contributed by atoms with Gasteiger partial charge in [0.1, 0.15) is 0 Å². The van der Waals surface area contributed by atoms with Gasteiger partial charge in [-0.05, 0) is 38.3 Å². The number of nitrogens with one attached hydrogen (secondary N) is 1. The van der Waals surface area contributed by atoms with Crippen molar-refractivity contribution in [2.75, 3.05) is 13.1 Å². The zero-order valence-corrected chi connectivity index (χ0v) is 13.8. The van der Waals surface area contributed by atoms with Crippen molar-refractivity contribution in [2.45, 2.75) is 70.5 Å². The summed E-state index contributed by atoms with van der Waals surface area (Å²) in [5.74, 6) is 0. The maximum atomic E-state index is 3.74. The fraction of sp³-hybridized carbons (Fsp3) is 0.765. The molecule has 2 heterocycles. The van der Waals surface area contributed by atoms with Crippen molar-refractivity contribution in [1.29, 1.82) is 0 Å². The third-order valence-corrected chi connectivity index (χ3v) is 6.36. The van der Waals surface area contributed by atoms with Crippen LogP contribution in [0.15, 0.2) is 12.1 Å². The molecule has 1 spiro atoms. The summed E-state index contributed by atoms with van der Waals surface area (Å²) in [6.07, 6.45) is 8.21. The minimum absolute atomic E-state index is 0.446. The Bertz CT molecular complexity index is 434. The molecule has 0 radical (unpaired) electrons. The Balaban J connectivity index is 1.75. The van der Waals surface area contributed by atoms with E-state index in [1.165, 1.54) is 56.5 Å².